The monoisotopic (exact) mass is 502 g/mol. The van der Waals surface area contributed by atoms with Crippen LogP contribution in [0.1, 0.15) is 20.3 Å². The molecular weight excluding hydrogens is 468 g/mol. The number of carbonyl (C=O) groups is 4. The summed E-state index contributed by atoms with van der Waals surface area (Å²) in [6.07, 6.45) is 0.414. The maximum Gasteiger partial charge on any atom is 0.230 e. The first-order chi connectivity index (χ1) is 14.3. The molecule has 0 aliphatic heterocycles. The van der Waals surface area contributed by atoms with Crippen LogP contribution in [0.15, 0.2) is 0 Å². The highest BCUT2D eigenvalue weighted by Gasteiger charge is 1.98. The molecule has 9 nitrogen and oxygen atoms in total. The third-order valence-electron chi connectivity index (χ3n) is 2.82. The summed E-state index contributed by atoms with van der Waals surface area (Å²) in [7, 11) is 9.72. The van der Waals surface area contributed by atoms with Gasteiger partial charge in [-0.1, -0.05) is 43.2 Å². The minimum Gasteiger partial charge on any atom is -0.380 e. The van der Waals surface area contributed by atoms with Crippen molar-refractivity contribution in [2.75, 3.05) is 63.4 Å². The Balaban J connectivity index is 0. The SMILES string of the molecule is CNC(=O)CCOCCSSCCNC(C)=O.CNC(=O)CSSCCNC(C)=O. The highest BCUT2D eigenvalue weighted by molar-refractivity contribution is 8.77. The van der Waals surface area contributed by atoms with Gasteiger partial charge in [0, 0.05) is 64.7 Å². The second kappa shape index (κ2) is 24.5. The Hall–Kier alpha value is -0.760. The van der Waals surface area contributed by atoms with E-state index < -0.39 is 0 Å². The van der Waals surface area contributed by atoms with Gasteiger partial charge in [-0.3, -0.25) is 19.2 Å². The summed E-state index contributed by atoms with van der Waals surface area (Å²) in [5, 5.41) is 10.5. The normalized spacial score (nSPS) is 9.73. The van der Waals surface area contributed by atoms with Gasteiger partial charge in [0.05, 0.1) is 19.0 Å². The highest BCUT2D eigenvalue weighted by Crippen LogP contribution is 2.20. The number of carbonyl (C=O) groups excluding carboxylic acids is 4. The fourth-order valence-corrected chi connectivity index (χ4v) is 4.95. The lowest BCUT2D eigenvalue weighted by molar-refractivity contribution is -0.122. The molecule has 0 rings (SSSR count). The van der Waals surface area contributed by atoms with Crippen molar-refractivity contribution in [1.29, 1.82) is 0 Å². The Morgan fingerprint density at radius 2 is 1.20 bits per heavy atom. The van der Waals surface area contributed by atoms with Crippen LogP contribution in [0.2, 0.25) is 0 Å². The predicted molar refractivity (Wildman–Crippen MR) is 131 cm³/mol. The molecule has 0 aromatic heterocycles. The summed E-state index contributed by atoms with van der Waals surface area (Å²) in [6.45, 7) is 5.47. The first kappa shape index (κ1) is 31.4. The van der Waals surface area contributed by atoms with Crippen LogP contribution in [-0.4, -0.2) is 87.0 Å². The molecule has 176 valence electrons. The molecule has 0 radical (unpaired) electrons. The first-order valence-corrected chi connectivity index (χ1v) is 14.3. The number of amides is 4. The molecule has 0 aliphatic carbocycles. The molecule has 0 bridgehead atoms. The van der Waals surface area contributed by atoms with E-state index in [0.717, 1.165) is 17.3 Å². The lowest BCUT2D eigenvalue weighted by Crippen LogP contribution is -2.22. The standard InChI is InChI=1S/C10H20N2O3S2.C7H14N2O2S2/c1-9(13)12-4-7-16-17-8-6-15-5-3-10(14)11-2;1-6(10)9-3-4-12-13-5-7(11)8-2/h3-8H2,1-2H3,(H,11,14)(H,12,13);3-5H2,1-2H3,(H,8,11)(H,9,10). The van der Waals surface area contributed by atoms with Gasteiger partial charge in [-0.2, -0.15) is 0 Å². The van der Waals surface area contributed by atoms with Gasteiger partial charge < -0.3 is 26.0 Å². The van der Waals surface area contributed by atoms with Crippen LogP contribution in [0.4, 0.5) is 0 Å². The van der Waals surface area contributed by atoms with E-state index in [9.17, 15) is 19.2 Å². The van der Waals surface area contributed by atoms with E-state index in [1.165, 1.54) is 24.6 Å². The smallest absolute Gasteiger partial charge is 0.230 e. The molecule has 30 heavy (non-hydrogen) atoms. The second-order valence-corrected chi connectivity index (χ2v) is 10.7. The minimum atomic E-state index is -0.0168. The van der Waals surface area contributed by atoms with Gasteiger partial charge >= 0.3 is 0 Å². The molecule has 4 N–H and O–H groups in total. The average Bonchev–Trinajstić information content (AvgIpc) is 2.71. The topological polar surface area (TPSA) is 126 Å². The number of hydrogen-bond acceptors (Lipinski definition) is 9. The summed E-state index contributed by atoms with van der Waals surface area (Å²) >= 11 is 0. The molecule has 4 amide bonds. The summed E-state index contributed by atoms with van der Waals surface area (Å²) in [6, 6.07) is 0. The zero-order valence-corrected chi connectivity index (χ0v) is 21.3. The zero-order chi connectivity index (χ0) is 23.0. The van der Waals surface area contributed by atoms with Crippen molar-refractivity contribution in [2.45, 2.75) is 20.3 Å². The molecule has 0 saturated carbocycles. The molecular formula is C17H34N4O5S4. The Bertz CT molecular complexity index is 487. The molecule has 0 aliphatic rings. The molecule has 0 aromatic carbocycles. The van der Waals surface area contributed by atoms with E-state index in [1.54, 1.807) is 46.5 Å². The van der Waals surface area contributed by atoms with Crippen molar-refractivity contribution < 1.29 is 23.9 Å². The fourth-order valence-electron chi connectivity index (χ4n) is 1.37. The quantitative estimate of drug-likeness (QED) is 0.180. The Morgan fingerprint density at radius 3 is 1.70 bits per heavy atom. The Kier molecular flexibility index (Phi) is 25.7. The van der Waals surface area contributed by atoms with Crippen LogP contribution >= 0.6 is 43.2 Å². The van der Waals surface area contributed by atoms with Crippen molar-refractivity contribution in [3.05, 3.63) is 0 Å². The summed E-state index contributed by atoms with van der Waals surface area (Å²) in [5.41, 5.74) is 0. The van der Waals surface area contributed by atoms with Crippen molar-refractivity contribution in [3.8, 4) is 0 Å². The number of ether oxygens (including phenoxy) is 1. The minimum absolute atomic E-state index is 0.00216. The molecule has 0 heterocycles. The molecule has 0 aromatic rings. The van der Waals surface area contributed by atoms with Crippen LogP contribution < -0.4 is 21.3 Å². The van der Waals surface area contributed by atoms with Gasteiger partial charge in [0.25, 0.3) is 0 Å². The van der Waals surface area contributed by atoms with Crippen molar-refractivity contribution in [3.63, 3.8) is 0 Å². The van der Waals surface area contributed by atoms with Gasteiger partial charge in [-0.05, 0) is 0 Å². The van der Waals surface area contributed by atoms with E-state index >= 15 is 0 Å². The largest absolute Gasteiger partial charge is 0.380 e. The van der Waals surface area contributed by atoms with Crippen LogP contribution in [0.3, 0.4) is 0 Å². The van der Waals surface area contributed by atoms with Crippen LogP contribution in [0, 0.1) is 0 Å². The van der Waals surface area contributed by atoms with Crippen molar-refractivity contribution >= 4 is 66.8 Å². The number of hydrogen-bond donors (Lipinski definition) is 4. The Labute approximate surface area is 195 Å². The average molecular weight is 503 g/mol. The van der Waals surface area contributed by atoms with E-state index in [4.69, 9.17) is 4.74 Å². The second-order valence-electron chi connectivity index (χ2n) is 5.40. The predicted octanol–water partition coefficient (Wildman–Crippen LogP) is 0.907. The first-order valence-electron chi connectivity index (χ1n) is 9.30. The molecule has 0 saturated heterocycles. The van der Waals surface area contributed by atoms with E-state index in [2.05, 4.69) is 21.3 Å². The number of rotatable bonds is 16. The fraction of sp³-hybridized carbons (Fsp3) is 0.765. The molecule has 0 spiro atoms. The van der Waals surface area contributed by atoms with Crippen LogP contribution in [0.5, 0.6) is 0 Å². The van der Waals surface area contributed by atoms with Gasteiger partial charge in [0.15, 0.2) is 0 Å². The molecule has 0 fully saturated rings. The van der Waals surface area contributed by atoms with Crippen LogP contribution in [-0.2, 0) is 23.9 Å². The zero-order valence-electron chi connectivity index (χ0n) is 18.0. The maximum atomic E-state index is 10.8. The summed E-state index contributed by atoms with van der Waals surface area (Å²) in [5.74, 6) is 3.08. The number of nitrogens with one attached hydrogen (secondary N) is 4. The third-order valence-corrected chi connectivity index (χ3v) is 7.46. The third kappa shape index (κ3) is 29.4. The van der Waals surface area contributed by atoms with E-state index in [0.29, 0.717) is 38.5 Å². The van der Waals surface area contributed by atoms with Gasteiger partial charge in [-0.15, -0.1) is 0 Å². The summed E-state index contributed by atoms with van der Waals surface area (Å²) < 4.78 is 5.29. The molecule has 0 unspecified atom stereocenters. The van der Waals surface area contributed by atoms with Crippen molar-refractivity contribution in [2.24, 2.45) is 0 Å². The van der Waals surface area contributed by atoms with Gasteiger partial charge in [0.2, 0.25) is 23.6 Å². The highest BCUT2D eigenvalue weighted by atomic mass is 33.1. The van der Waals surface area contributed by atoms with E-state index in [1.807, 2.05) is 0 Å². The maximum absolute atomic E-state index is 10.8. The van der Waals surface area contributed by atoms with Gasteiger partial charge in [0.1, 0.15) is 0 Å². The van der Waals surface area contributed by atoms with Crippen molar-refractivity contribution in [1.82, 2.24) is 21.3 Å². The van der Waals surface area contributed by atoms with Gasteiger partial charge in [-0.25, -0.2) is 0 Å². The van der Waals surface area contributed by atoms with E-state index in [-0.39, 0.29) is 23.6 Å². The molecule has 0 atom stereocenters. The summed E-state index contributed by atoms with van der Waals surface area (Å²) in [4.78, 5) is 42.6. The van der Waals surface area contributed by atoms with Crippen LogP contribution in [0.25, 0.3) is 0 Å². The molecule has 13 heteroatoms. The Morgan fingerprint density at radius 1 is 0.700 bits per heavy atom. The lowest BCUT2D eigenvalue weighted by atomic mass is 10.4. The lowest BCUT2D eigenvalue weighted by Gasteiger charge is -2.04.